The Bertz CT molecular complexity index is 741. The highest BCUT2D eigenvalue weighted by atomic mass is 32.1. The number of benzene rings is 1. The molecule has 146 valence electrons. The minimum Gasteiger partial charge on any atom is -0.497 e. The zero-order valence-electron chi connectivity index (χ0n) is 16.1. The van der Waals surface area contributed by atoms with E-state index in [9.17, 15) is 4.79 Å². The molecule has 27 heavy (non-hydrogen) atoms. The third-order valence-electron chi connectivity index (χ3n) is 4.90. The number of anilines is 1. The fourth-order valence-corrected chi connectivity index (χ4v) is 4.05. The molecule has 7 heteroatoms. The minimum absolute atomic E-state index is 0.172. The number of rotatable bonds is 8. The summed E-state index contributed by atoms with van der Waals surface area (Å²) in [6, 6.07) is 8.03. The van der Waals surface area contributed by atoms with E-state index in [1.165, 1.54) is 11.5 Å². The molecule has 1 N–H and O–H groups in total. The summed E-state index contributed by atoms with van der Waals surface area (Å²) in [6.07, 6.45) is 4.40. The summed E-state index contributed by atoms with van der Waals surface area (Å²) in [4.78, 5) is 18.7. The molecule has 1 aromatic carbocycles. The van der Waals surface area contributed by atoms with Crippen LogP contribution in [-0.2, 0) is 11.2 Å². The van der Waals surface area contributed by atoms with Gasteiger partial charge >= 0.3 is 0 Å². The van der Waals surface area contributed by atoms with Gasteiger partial charge in [-0.05, 0) is 42.9 Å². The first-order chi connectivity index (χ1) is 13.2. The van der Waals surface area contributed by atoms with Crippen LogP contribution < -0.4 is 15.0 Å². The van der Waals surface area contributed by atoms with E-state index >= 15 is 0 Å². The number of piperidine rings is 1. The van der Waals surface area contributed by atoms with Gasteiger partial charge in [-0.15, -0.1) is 0 Å². The quantitative estimate of drug-likeness (QED) is 0.752. The number of aromatic nitrogens is 2. The first-order valence-electron chi connectivity index (χ1n) is 9.65. The second kappa shape index (κ2) is 9.69. The zero-order valence-corrected chi connectivity index (χ0v) is 16.9. The van der Waals surface area contributed by atoms with Crippen molar-refractivity contribution in [2.75, 3.05) is 31.6 Å². The molecule has 0 aliphatic carbocycles. The van der Waals surface area contributed by atoms with Crippen LogP contribution in [0.15, 0.2) is 24.3 Å². The van der Waals surface area contributed by atoms with Crippen LogP contribution in [0.1, 0.15) is 44.0 Å². The predicted molar refractivity (Wildman–Crippen MR) is 109 cm³/mol. The molecule has 0 spiro atoms. The van der Waals surface area contributed by atoms with Gasteiger partial charge in [0.25, 0.3) is 0 Å². The molecule has 1 aromatic heterocycles. The maximum atomic E-state index is 11.6. The van der Waals surface area contributed by atoms with Gasteiger partial charge in [-0.3, -0.25) is 4.79 Å². The van der Waals surface area contributed by atoms with E-state index in [-0.39, 0.29) is 5.91 Å². The Morgan fingerprint density at radius 3 is 2.93 bits per heavy atom. The maximum Gasteiger partial charge on any atom is 0.219 e. The van der Waals surface area contributed by atoms with Gasteiger partial charge in [0.1, 0.15) is 11.6 Å². The molecular formula is C20H28N4O2S. The Balaban J connectivity index is 1.48. The molecule has 1 aliphatic heterocycles. The van der Waals surface area contributed by atoms with Crippen LogP contribution in [0.5, 0.6) is 5.75 Å². The molecule has 1 amide bonds. The second-order valence-electron chi connectivity index (χ2n) is 7.01. The molecule has 0 unspecified atom stereocenters. The van der Waals surface area contributed by atoms with Crippen molar-refractivity contribution in [1.29, 1.82) is 0 Å². The van der Waals surface area contributed by atoms with E-state index in [1.807, 2.05) is 25.1 Å². The number of amides is 1. The van der Waals surface area contributed by atoms with E-state index < -0.39 is 0 Å². The number of nitrogens with zero attached hydrogens (tertiary/aromatic N) is 3. The number of nitrogens with one attached hydrogen (secondary N) is 1. The standard InChI is InChI=1S/C20H28N4O2S/c1-3-5-19(25)21-14-15-8-10-24(11-9-15)20-22-18(23-27-20)13-16-6-4-7-17(12-16)26-2/h4,6-7,12,15H,3,5,8-11,13-14H2,1-2H3,(H,21,25). The third-order valence-corrected chi connectivity index (χ3v) is 5.72. The normalized spacial score (nSPS) is 15.0. The van der Waals surface area contributed by atoms with E-state index in [0.29, 0.717) is 18.8 Å². The number of ether oxygens (including phenoxy) is 1. The lowest BCUT2D eigenvalue weighted by atomic mass is 9.97. The molecule has 1 fully saturated rings. The monoisotopic (exact) mass is 388 g/mol. The molecule has 1 saturated heterocycles. The number of methoxy groups -OCH3 is 1. The Kier molecular flexibility index (Phi) is 7.04. The highest BCUT2D eigenvalue weighted by molar-refractivity contribution is 7.09. The summed E-state index contributed by atoms with van der Waals surface area (Å²) in [5.41, 5.74) is 1.15. The van der Waals surface area contributed by atoms with Crippen molar-refractivity contribution < 1.29 is 9.53 Å². The fourth-order valence-electron chi connectivity index (χ4n) is 3.31. The van der Waals surface area contributed by atoms with Gasteiger partial charge in [-0.1, -0.05) is 19.1 Å². The summed E-state index contributed by atoms with van der Waals surface area (Å²) in [5.74, 6) is 2.45. The summed E-state index contributed by atoms with van der Waals surface area (Å²) in [7, 11) is 1.68. The molecule has 0 saturated carbocycles. The molecule has 0 atom stereocenters. The predicted octanol–water partition coefficient (Wildman–Crippen LogP) is 3.27. The van der Waals surface area contributed by atoms with Crippen molar-refractivity contribution in [2.24, 2.45) is 5.92 Å². The molecule has 6 nitrogen and oxygen atoms in total. The lowest BCUT2D eigenvalue weighted by Crippen LogP contribution is -2.38. The molecule has 0 radical (unpaired) electrons. The van der Waals surface area contributed by atoms with Crippen molar-refractivity contribution >= 4 is 22.6 Å². The highest BCUT2D eigenvalue weighted by Crippen LogP contribution is 2.25. The van der Waals surface area contributed by atoms with Crippen molar-refractivity contribution in [1.82, 2.24) is 14.7 Å². The first-order valence-corrected chi connectivity index (χ1v) is 10.4. The summed E-state index contributed by atoms with van der Waals surface area (Å²) >= 11 is 1.48. The molecule has 2 heterocycles. The molecule has 3 rings (SSSR count). The second-order valence-corrected chi connectivity index (χ2v) is 7.74. The van der Waals surface area contributed by atoms with E-state index in [0.717, 1.165) is 61.2 Å². The Morgan fingerprint density at radius 1 is 1.37 bits per heavy atom. The van der Waals surface area contributed by atoms with Crippen LogP contribution in [0.4, 0.5) is 5.13 Å². The van der Waals surface area contributed by atoms with Crippen molar-refractivity contribution in [2.45, 2.75) is 39.0 Å². The van der Waals surface area contributed by atoms with E-state index in [2.05, 4.69) is 20.7 Å². The first kappa shape index (κ1) is 19.6. The number of carbonyl (C=O) groups is 1. The van der Waals surface area contributed by atoms with Crippen LogP contribution in [0.3, 0.4) is 0 Å². The summed E-state index contributed by atoms with van der Waals surface area (Å²) in [5, 5.41) is 4.06. The Morgan fingerprint density at radius 2 is 2.19 bits per heavy atom. The van der Waals surface area contributed by atoms with Crippen molar-refractivity contribution in [3.8, 4) is 5.75 Å². The highest BCUT2D eigenvalue weighted by Gasteiger charge is 2.22. The Hall–Kier alpha value is -2.15. The van der Waals surface area contributed by atoms with Crippen LogP contribution in [0.2, 0.25) is 0 Å². The van der Waals surface area contributed by atoms with Crippen LogP contribution in [-0.4, -0.2) is 42.0 Å². The lowest BCUT2D eigenvalue weighted by Gasteiger charge is -2.31. The number of hydrogen-bond acceptors (Lipinski definition) is 6. The molecule has 1 aliphatic rings. The van der Waals surface area contributed by atoms with Crippen LogP contribution in [0.25, 0.3) is 0 Å². The van der Waals surface area contributed by atoms with Crippen molar-refractivity contribution in [3.05, 3.63) is 35.7 Å². The van der Waals surface area contributed by atoms with Gasteiger partial charge in [0.15, 0.2) is 0 Å². The maximum absolute atomic E-state index is 11.6. The SMILES string of the molecule is CCCC(=O)NCC1CCN(c2nc(Cc3cccc(OC)c3)ns2)CC1. The summed E-state index contributed by atoms with van der Waals surface area (Å²) in [6.45, 7) is 4.77. The average Bonchev–Trinajstić information content (AvgIpc) is 3.15. The van der Waals surface area contributed by atoms with E-state index in [1.54, 1.807) is 7.11 Å². The topological polar surface area (TPSA) is 67.4 Å². The molecule has 2 aromatic rings. The van der Waals surface area contributed by atoms with Gasteiger partial charge in [-0.2, -0.15) is 4.37 Å². The van der Waals surface area contributed by atoms with Gasteiger partial charge in [0.2, 0.25) is 11.0 Å². The van der Waals surface area contributed by atoms with Crippen LogP contribution >= 0.6 is 11.5 Å². The van der Waals surface area contributed by atoms with E-state index in [4.69, 9.17) is 9.72 Å². The smallest absolute Gasteiger partial charge is 0.219 e. The molecular weight excluding hydrogens is 360 g/mol. The minimum atomic E-state index is 0.172. The zero-order chi connectivity index (χ0) is 19.1. The largest absolute Gasteiger partial charge is 0.497 e. The van der Waals surface area contributed by atoms with Gasteiger partial charge in [-0.25, -0.2) is 4.98 Å². The van der Waals surface area contributed by atoms with Crippen molar-refractivity contribution in [3.63, 3.8) is 0 Å². The van der Waals surface area contributed by atoms with Crippen LogP contribution in [0, 0.1) is 5.92 Å². The average molecular weight is 389 g/mol. The number of carbonyl (C=O) groups excluding carboxylic acids is 1. The number of hydrogen-bond donors (Lipinski definition) is 1. The van der Waals surface area contributed by atoms with Gasteiger partial charge in [0.05, 0.1) is 7.11 Å². The van der Waals surface area contributed by atoms with Gasteiger partial charge in [0, 0.05) is 44.0 Å². The fraction of sp³-hybridized carbons (Fsp3) is 0.550. The third kappa shape index (κ3) is 5.66. The van der Waals surface area contributed by atoms with Gasteiger partial charge < -0.3 is 15.0 Å². The lowest BCUT2D eigenvalue weighted by molar-refractivity contribution is -0.121. The Labute approximate surface area is 165 Å². The molecule has 0 bridgehead atoms. The summed E-state index contributed by atoms with van der Waals surface area (Å²) < 4.78 is 9.81.